The van der Waals surface area contributed by atoms with Crippen LogP contribution in [0.2, 0.25) is 0 Å². The minimum atomic E-state index is -0.0673. The van der Waals surface area contributed by atoms with Crippen LogP contribution in [0, 0.1) is 6.92 Å². The van der Waals surface area contributed by atoms with E-state index in [4.69, 9.17) is 9.47 Å². The average Bonchev–Trinajstić information content (AvgIpc) is 3.02. The van der Waals surface area contributed by atoms with Crippen LogP contribution in [0.1, 0.15) is 10.6 Å². The second-order valence-corrected chi connectivity index (χ2v) is 5.80. The van der Waals surface area contributed by atoms with Crippen LogP contribution in [0.5, 0.6) is 11.5 Å². The van der Waals surface area contributed by atoms with Gasteiger partial charge in [-0.1, -0.05) is 0 Å². The van der Waals surface area contributed by atoms with Gasteiger partial charge in [-0.2, -0.15) is 0 Å². The van der Waals surface area contributed by atoms with Crippen molar-refractivity contribution in [2.24, 2.45) is 0 Å². The van der Waals surface area contributed by atoms with Crippen LogP contribution in [-0.4, -0.2) is 28.7 Å². The molecule has 3 aromatic rings. The van der Waals surface area contributed by atoms with E-state index in [1.165, 1.54) is 0 Å². The smallest absolute Gasteiger partial charge is 0.194 e. The maximum atomic E-state index is 9.25. The Morgan fingerprint density at radius 2 is 2.10 bits per heavy atom. The van der Waals surface area contributed by atoms with Crippen LogP contribution in [0.25, 0.3) is 16.2 Å². The molecule has 0 bridgehead atoms. The molecule has 6 heteroatoms. The van der Waals surface area contributed by atoms with Crippen molar-refractivity contribution in [2.75, 3.05) is 14.2 Å². The Balaban J connectivity index is 2.27. The highest BCUT2D eigenvalue weighted by Crippen LogP contribution is 2.38. The number of aryl methyl sites for hydroxylation is 1. The molecule has 1 aromatic carbocycles. The summed E-state index contributed by atoms with van der Waals surface area (Å²) in [6, 6.07) is 5.71. The van der Waals surface area contributed by atoms with E-state index in [9.17, 15) is 5.11 Å². The van der Waals surface area contributed by atoms with E-state index >= 15 is 0 Å². The number of aromatic nitrogens is 2. The number of nitrogens with zero attached hydrogens (tertiary/aromatic N) is 2. The van der Waals surface area contributed by atoms with Crippen LogP contribution in [0.3, 0.4) is 0 Å². The molecule has 0 saturated heterocycles. The van der Waals surface area contributed by atoms with E-state index < -0.39 is 0 Å². The lowest BCUT2D eigenvalue weighted by Crippen LogP contribution is -1.93. The highest BCUT2D eigenvalue weighted by Gasteiger charge is 2.17. The first-order valence-electron chi connectivity index (χ1n) is 6.48. The van der Waals surface area contributed by atoms with Gasteiger partial charge in [-0.05, 0) is 25.1 Å². The molecule has 0 atom stereocenters. The lowest BCUT2D eigenvalue weighted by atomic mass is 10.1. The Morgan fingerprint density at radius 3 is 2.76 bits per heavy atom. The highest BCUT2D eigenvalue weighted by atomic mass is 32.1. The van der Waals surface area contributed by atoms with Gasteiger partial charge in [0.1, 0.15) is 11.5 Å². The Labute approximate surface area is 126 Å². The molecule has 0 fully saturated rings. The minimum absolute atomic E-state index is 0.0673. The lowest BCUT2D eigenvalue weighted by molar-refractivity contribution is 0.277. The van der Waals surface area contributed by atoms with Crippen molar-refractivity contribution in [1.29, 1.82) is 0 Å². The number of methoxy groups -OCH3 is 2. The van der Waals surface area contributed by atoms with Gasteiger partial charge >= 0.3 is 0 Å². The van der Waals surface area contributed by atoms with E-state index in [1.807, 2.05) is 35.7 Å². The van der Waals surface area contributed by atoms with Gasteiger partial charge < -0.3 is 14.6 Å². The van der Waals surface area contributed by atoms with Crippen LogP contribution in [0.4, 0.5) is 0 Å². The number of fused-ring (bicyclic) bond motifs is 1. The average molecular weight is 304 g/mol. The van der Waals surface area contributed by atoms with Gasteiger partial charge in [-0.15, -0.1) is 11.3 Å². The molecule has 2 aromatic heterocycles. The molecule has 2 heterocycles. The topological polar surface area (TPSA) is 56.0 Å². The SMILES string of the molecule is COc1ccc(OC)c(-c2c(C)sc3nc(CO)cn23)c1. The second-order valence-electron chi connectivity index (χ2n) is 4.62. The molecule has 3 rings (SSSR count). The number of rotatable bonds is 4. The third-order valence-electron chi connectivity index (χ3n) is 3.37. The van der Waals surface area contributed by atoms with Crippen LogP contribution in [0.15, 0.2) is 24.4 Å². The number of ether oxygens (including phenoxy) is 2. The molecule has 5 nitrogen and oxygen atoms in total. The monoisotopic (exact) mass is 304 g/mol. The maximum Gasteiger partial charge on any atom is 0.194 e. The summed E-state index contributed by atoms with van der Waals surface area (Å²) in [6.07, 6.45) is 1.85. The fourth-order valence-corrected chi connectivity index (χ4v) is 3.38. The molecule has 0 unspecified atom stereocenters. The number of imidazole rings is 1. The highest BCUT2D eigenvalue weighted by molar-refractivity contribution is 7.17. The number of aliphatic hydroxyl groups excluding tert-OH is 1. The van der Waals surface area contributed by atoms with Gasteiger partial charge in [0.05, 0.1) is 32.2 Å². The Kier molecular flexibility index (Phi) is 3.57. The predicted octanol–water partition coefficient (Wildman–Crippen LogP) is 2.88. The summed E-state index contributed by atoms with van der Waals surface area (Å²) in [7, 11) is 3.29. The summed E-state index contributed by atoms with van der Waals surface area (Å²) in [4.78, 5) is 6.39. The van der Waals surface area contributed by atoms with Gasteiger partial charge in [0.2, 0.25) is 0 Å². The number of benzene rings is 1. The molecule has 0 spiro atoms. The van der Waals surface area contributed by atoms with Gasteiger partial charge in [0, 0.05) is 16.6 Å². The van der Waals surface area contributed by atoms with Crippen molar-refractivity contribution in [3.63, 3.8) is 0 Å². The Morgan fingerprint density at radius 1 is 1.29 bits per heavy atom. The zero-order valence-corrected chi connectivity index (χ0v) is 12.9. The summed E-state index contributed by atoms with van der Waals surface area (Å²) in [5.74, 6) is 1.55. The zero-order valence-electron chi connectivity index (χ0n) is 12.1. The summed E-state index contributed by atoms with van der Waals surface area (Å²) in [6.45, 7) is 1.98. The summed E-state index contributed by atoms with van der Waals surface area (Å²) >= 11 is 1.59. The summed E-state index contributed by atoms with van der Waals surface area (Å²) in [5, 5.41) is 9.25. The van der Waals surface area contributed by atoms with Crippen LogP contribution < -0.4 is 9.47 Å². The van der Waals surface area contributed by atoms with Crippen molar-refractivity contribution in [3.05, 3.63) is 35.0 Å². The molecule has 0 aliphatic rings. The minimum Gasteiger partial charge on any atom is -0.497 e. The molecule has 1 N–H and O–H groups in total. The van der Waals surface area contributed by atoms with Gasteiger partial charge in [0.25, 0.3) is 0 Å². The van der Waals surface area contributed by atoms with Crippen molar-refractivity contribution < 1.29 is 14.6 Å². The fourth-order valence-electron chi connectivity index (χ4n) is 2.39. The molecule has 0 saturated carbocycles. The molecule has 21 heavy (non-hydrogen) atoms. The van der Waals surface area contributed by atoms with Crippen molar-refractivity contribution in [1.82, 2.24) is 9.38 Å². The van der Waals surface area contributed by atoms with Gasteiger partial charge in [0.15, 0.2) is 4.96 Å². The zero-order chi connectivity index (χ0) is 15.0. The molecule has 0 radical (unpaired) electrons. The quantitative estimate of drug-likeness (QED) is 0.805. The van der Waals surface area contributed by atoms with Crippen molar-refractivity contribution >= 4 is 16.3 Å². The number of aliphatic hydroxyl groups is 1. The molecule has 0 amide bonds. The largest absolute Gasteiger partial charge is 0.497 e. The van der Waals surface area contributed by atoms with E-state index in [1.54, 1.807) is 25.6 Å². The second kappa shape index (κ2) is 5.38. The first-order chi connectivity index (χ1) is 10.2. The van der Waals surface area contributed by atoms with E-state index in [0.29, 0.717) is 5.69 Å². The molecule has 0 aliphatic heterocycles. The first-order valence-corrected chi connectivity index (χ1v) is 7.30. The number of thiazole rings is 1. The first kappa shape index (κ1) is 13.9. The third kappa shape index (κ3) is 2.26. The molecular formula is C15H16N2O3S. The molecule has 0 aliphatic carbocycles. The van der Waals surface area contributed by atoms with E-state index in [2.05, 4.69) is 4.98 Å². The number of hydrogen-bond acceptors (Lipinski definition) is 5. The normalized spacial score (nSPS) is 11.0. The van der Waals surface area contributed by atoms with Gasteiger partial charge in [-0.3, -0.25) is 4.40 Å². The Hall–Kier alpha value is -2.05. The van der Waals surface area contributed by atoms with Crippen LogP contribution in [-0.2, 0) is 6.61 Å². The molecule has 110 valence electrons. The van der Waals surface area contributed by atoms with E-state index in [-0.39, 0.29) is 6.61 Å². The fraction of sp³-hybridized carbons (Fsp3) is 0.267. The van der Waals surface area contributed by atoms with Gasteiger partial charge in [-0.25, -0.2) is 4.98 Å². The predicted molar refractivity (Wildman–Crippen MR) is 82.3 cm³/mol. The summed E-state index contributed by atoms with van der Waals surface area (Å²) < 4.78 is 12.8. The Bertz CT molecular complexity index is 792. The lowest BCUT2D eigenvalue weighted by Gasteiger charge is -2.11. The summed E-state index contributed by atoms with van der Waals surface area (Å²) in [5.41, 5.74) is 2.62. The maximum absolute atomic E-state index is 9.25. The van der Waals surface area contributed by atoms with Crippen LogP contribution >= 0.6 is 11.3 Å². The molecular weight excluding hydrogens is 288 g/mol. The number of hydrogen-bond donors (Lipinski definition) is 1. The van der Waals surface area contributed by atoms with E-state index in [0.717, 1.165) is 32.6 Å². The standard InChI is InChI=1S/C15H16N2O3S/c1-9-14(17-7-10(8-18)16-15(17)21-9)12-6-11(19-2)4-5-13(12)20-3/h4-7,18H,8H2,1-3H3. The van der Waals surface area contributed by atoms with Crippen molar-refractivity contribution in [3.8, 4) is 22.8 Å². The van der Waals surface area contributed by atoms with Crippen molar-refractivity contribution in [2.45, 2.75) is 13.5 Å². The third-order valence-corrected chi connectivity index (χ3v) is 4.34.